The highest BCUT2D eigenvalue weighted by molar-refractivity contribution is 6.32. The van der Waals surface area contributed by atoms with Crippen molar-refractivity contribution in [3.63, 3.8) is 0 Å². The van der Waals surface area contributed by atoms with Gasteiger partial charge in [0.15, 0.2) is 11.5 Å². The Morgan fingerprint density at radius 1 is 0.921 bits per heavy atom. The van der Waals surface area contributed by atoms with Crippen LogP contribution in [-0.2, 0) is 0 Å². The second kappa shape index (κ2) is 11.9. The molecule has 9 heteroatoms. The number of ether oxygens (including phenoxy) is 4. The molecule has 1 aromatic heterocycles. The zero-order chi connectivity index (χ0) is 27.2. The summed E-state index contributed by atoms with van der Waals surface area (Å²) in [5.41, 5.74) is 2.91. The van der Waals surface area contributed by atoms with Crippen LogP contribution in [-0.4, -0.2) is 43.6 Å². The molecule has 1 N–H and O–H groups in total. The van der Waals surface area contributed by atoms with Gasteiger partial charge in [0.05, 0.1) is 37.1 Å². The summed E-state index contributed by atoms with van der Waals surface area (Å²) in [6.07, 6.45) is 1.11. The Bertz CT molecular complexity index is 1460. The van der Waals surface area contributed by atoms with Gasteiger partial charge in [0.25, 0.3) is 0 Å². The molecule has 0 aliphatic carbocycles. The molecule has 3 aromatic carbocycles. The van der Waals surface area contributed by atoms with Crippen molar-refractivity contribution in [3.05, 3.63) is 76.9 Å². The first-order valence-corrected chi connectivity index (χ1v) is 12.4. The summed E-state index contributed by atoms with van der Waals surface area (Å²) in [6, 6.07) is 16.1. The summed E-state index contributed by atoms with van der Waals surface area (Å²) in [5, 5.41) is 11.2. The number of hydrogen-bond acceptors (Lipinski definition) is 6. The Kier molecular flexibility index (Phi) is 8.43. The molecule has 0 atom stereocenters. The molecule has 198 valence electrons. The lowest BCUT2D eigenvalue weighted by molar-refractivity contribution is 0.201. The zero-order valence-electron chi connectivity index (χ0n) is 21.7. The summed E-state index contributed by atoms with van der Waals surface area (Å²) in [7, 11) is 3.15. The maximum Gasteiger partial charge on any atom is 0.411 e. The number of carbonyl (C=O) groups is 1. The molecule has 4 rings (SSSR count). The van der Waals surface area contributed by atoms with Crippen LogP contribution >= 0.6 is 11.6 Å². The van der Waals surface area contributed by atoms with Gasteiger partial charge in [0.2, 0.25) is 0 Å². The standard InChI is InChI=1S/C29H29ClN2O6/c1-18-19(2)24(38-25-12-13-31-22-17-28(36-4)27(35-3)16-20(22)25)11-10-23(18)32(29(33)34)14-7-15-37-26-9-6-5-8-21(26)30/h5-6,8-13,16-17H,7,14-15H2,1-4H3,(H,33,34). The van der Waals surface area contributed by atoms with Gasteiger partial charge in [-0.05, 0) is 67.8 Å². The molecule has 0 saturated carbocycles. The van der Waals surface area contributed by atoms with E-state index in [1.807, 2.05) is 32.0 Å². The number of nitrogens with zero attached hydrogens (tertiary/aromatic N) is 2. The number of aromatic nitrogens is 1. The van der Waals surface area contributed by atoms with Crippen LogP contribution in [0.25, 0.3) is 10.9 Å². The van der Waals surface area contributed by atoms with Crippen LogP contribution in [0.15, 0.2) is 60.8 Å². The van der Waals surface area contributed by atoms with E-state index >= 15 is 0 Å². The minimum atomic E-state index is -1.04. The van der Waals surface area contributed by atoms with Gasteiger partial charge >= 0.3 is 6.09 Å². The molecule has 0 radical (unpaired) electrons. The first-order chi connectivity index (χ1) is 18.3. The minimum absolute atomic E-state index is 0.261. The first kappa shape index (κ1) is 26.9. The fourth-order valence-corrected chi connectivity index (χ4v) is 4.32. The molecule has 1 heterocycles. The minimum Gasteiger partial charge on any atom is -0.493 e. The molecule has 0 aliphatic rings. The fourth-order valence-electron chi connectivity index (χ4n) is 4.13. The van der Waals surface area contributed by atoms with Gasteiger partial charge in [0.1, 0.15) is 17.2 Å². The third-order valence-corrected chi connectivity index (χ3v) is 6.59. The molecule has 0 unspecified atom stereocenters. The Balaban J connectivity index is 1.54. The quantitative estimate of drug-likeness (QED) is 0.213. The number of anilines is 1. The zero-order valence-corrected chi connectivity index (χ0v) is 22.4. The van der Waals surface area contributed by atoms with Crippen LogP contribution in [0.5, 0.6) is 28.7 Å². The van der Waals surface area contributed by atoms with Crippen LogP contribution in [0.1, 0.15) is 17.5 Å². The molecular weight excluding hydrogens is 508 g/mol. The van der Waals surface area contributed by atoms with Gasteiger partial charge in [0, 0.05) is 24.2 Å². The van der Waals surface area contributed by atoms with Crippen molar-refractivity contribution in [2.75, 3.05) is 32.3 Å². The number of benzene rings is 3. The van der Waals surface area contributed by atoms with Crippen LogP contribution in [0.4, 0.5) is 10.5 Å². The van der Waals surface area contributed by atoms with Gasteiger partial charge < -0.3 is 24.1 Å². The number of fused-ring (bicyclic) bond motifs is 1. The molecule has 0 aliphatic heterocycles. The normalized spacial score (nSPS) is 10.8. The van der Waals surface area contributed by atoms with Gasteiger partial charge in [-0.1, -0.05) is 23.7 Å². The number of hydrogen-bond donors (Lipinski definition) is 1. The first-order valence-electron chi connectivity index (χ1n) is 12.0. The smallest absolute Gasteiger partial charge is 0.411 e. The van der Waals surface area contributed by atoms with E-state index in [1.54, 1.807) is 56.8 Å². The van der Waals surface area contributed by atoms with E-state index < -0.39 is 6.09 Å². The number of amides is 1. The Morgan fingerprint density at radius 2 is 1.66 bits per heavy atom. The van der Waals surface area contributed by atoms with E-state index in [1.165, 1.54) is 4.90 Å². The summed E-state index contributed by atoms with van der Waals surface area (Å²) >= 11 is 6.13. The number of methoxy groups -OCH3 is 2. The molecule has 0 bridgehead atoms. The molecule has 0 fully saturated rings. The fraction of sp³-hybridized carbons (Fsp3) is 0.241. The summed E-state index contributed by atoms with van der Waals surface area (Å²) in [6.45, 7) is 4.38. The van der Waals surface area contributed by atoms with E-state index in [2.05, 4.69) is 4.98 Å². The maximum absolute atomic E-state index is 12.1. The van der Waals surface area contributed by atoms with Crippen molar-refractivity contribution in [2.24, 2.45) is 0 Å². The van der Waals surface area contributed by atoms with Crippen LogP contribution in [0.2, 0.25) is 5.02 Å². The number of para-hydroxylation sites is 1. The largest absolute Gasteiger partial charge is 0.493 e. The average Bonchev–Trinajstić information content (AvgIpc) is 2.92. The second-order valence-electron chi connectivity index (χ2n) is 8.53. The van der Waals surface area contributed by atoms with E-state index in [-0.39, 0.29) is 6.54 Å². The number of pyridine rings is 1. The predicted octanol–water partition coefficient (Wildman–Crippen LogP) is 7.27. The van der Waals surface area contributed by atoms with Crippen LogP contribution in [0.3, 0.4) is 0 Å². The van der Waals surface area contributed by atoms with Crippen molar-refractivity contribution < 1.29 is 28.8 Å². The second-order valence-corrected chi connectivity index (χ2v) is 8.94. The molecule has 1 amide bonds. The van der Waals surface area contributed by atoms with Crippen molar-refractivity contribution >= 4 is 34.3 Å². The number of rotatable bonds is 10. The highest BCUT2D eigenvalue weighted by Crippen LogP contribution is 2.39. The third-order valence-electron chi connectivity index (χ3n) is 6.28. The van der Waals surface area contributed by atoms with Crippen LogP contribution < -0.4 is 23.8 Å². The summed E-state index contributed by atoms with van der Waals surface area (Å²) < 4.78 is 22.8. The molecule has 8 nitrogen and oxygen atoms in total. The van der Waals surface area contributed by atoms with Crippen LogP contribution in [0, 0.1) is 13.8 Å². The van der Waals surface area contributed by atoms with Crippen molar-refractivity contribution in [1.29, 1.82) is 0 Å². The van der Waals surface area contributed by atoms with Gasteiger partial charge in [-0.25, -0.2) is 4.79 Å². The molecular formula is C29H29ClN2O6. The highest BCUT2D eigenvalue weighted by Gasteiger charge is 2.20. The van der Waals surface area contributed by atoms with E-state index in [0.717, 1.165) is 16.5 Å². The molecule has 4 aromatic rings. The van der Waals surface area contributed by atoms with E-state index in [9.17, 15) is 9.90 Å². The Labute approximate surface area is 226 Å². The predicted molar refractivity (Wildman–Crippen MR) is 148 cm³/mol. The van der Waals surface area contributed by atoms with Gasteiger partial charge in [-0.2, -0.15) is 0 Å². The molecule has 38 heavy (non-hydrogen) atoms. The monoisotopic (exact) mass is 536 g/mol. The van der Waals surface area contributed by atoms with E-state index in [0.29, 0.717) is 58.0 Å². The van der Waals surface area contributed by atoms with Gasteiger partial charge in [-0.3, -0.25) is 9.88 Å². The van der Waals surface area contributed by atoms with Gasteiger partial charge in [-0.15, -0.1) is 0 Å². The number of halogens is 1. The molecule has 0 spiro atoms. The number of carboxylic acid groups (broad SMARTS) is 1. The lowest BCUT2D eigenvalue weighted by atomic mass is 10.1. The highest BCUT2D eigenvalue weighted by atomic mass is 35.5. The Morgan fingerprint density at radius 3 is 2.37 bits per heavy atom. The summed E-state index contributed by atoms with van der Waals surface area (Å²) in [4.78, 5) is 17.9. The third kappa shape index (κ3) is 5.70. The Hall–Kier alpha value is -4.17. The van der Waals surface area contributed by atoms with Crippen molar-refractivity contribution in [2.45, 2.75) is 20.3 Å². The van der Waals surface area contributed by atoms with Crippen molar-refractivity contribution in [1.82, 2.24) is 4.98 Å². The lowest BCUT2D eigenvalue weighted by Gasteiger charge is -2.23. The SMILES string of the molecule is COc1cc2nccc(Oc3ccc(N(CCCOc4ccccc4Cl)C(=O)O)c(C)c3C)c2cc1OC. The average molecular weight is 537 g/mol. The van der Waals surface area contributed by atoms with Crippen molar-refractivity contribution in [3.8, 4) is 28.7 Å². The van der Waals surface area contributed by atoms with E-state index in [4.69, 9.17) is 30.5 Å². The topological polar surface area (TPSA) is 90.4 Å². The maximum atomic E-state index is 12.1. The lowest BCUT2D eigenvalue weighted by Crippen LogP contribution is -2.31. The summed E-state index contributed by atoms with van der Waals surface area (Å²) in [5.74, 6) is 2.92. The molecule has 0 saturated heterocycles.